The van der Waals surface area contributed by atoms with E-state index in [1.54, 1.807) is 0 Å². The highest BCUT2D eigenvalue weighted by atomic mass is 32.1. The van der Waals surface area contributed by atoms with E-state index in [-0.39, 0.29) is 12.1 Å². The number of carbonyl (C=O) groups excluding carboxylic acids is 2. The van der Waals surface area contributed by atoms with Crippen molar-refractivity contribution < 1.29 is 14.3 Å². The zero-order chi connectivity index (χ0) is 15.2. The summed E-state index contributed by atoms with van der Waals surface area (Å²) in [7, 11) is 0. The lowest BCUT2D eigenvalue weighted by Gasteiger charge is -2.28. The van der Waals surface area contributed by atoms with Crippen molar-refractivity contribution in [2.24, 2.45) is 11.7 Å². The molecule has 0 spiro atoms. The number of urea groups is 1. The Morgan fingerprint density at radius 3 is 2.67 bits per heavy atom. The second-order valence-corrected chi connectivity index (χ2v) is 6.35. The van der Waals surface area contributed by atoms with Gasteiger partial charge in [0.2, 0.25) is 0 Å². The van der Waals surface area contributed by atoms with Crippen LogP contribution in [0.5, 0.6) is 0 Å². The molecule has 0 unspecified atom stereocenters. The van der Waals surface area contributed by atoms with Crippen LogP contribution in [0, 0.1) is 12.8 Å². The standard InChI is InChI=1S/C14H21N3O3S/c1-9-6-12(21-8-9)17-14(19)16-11-4-2-10(3-5-11)7-20-13(15)18/h6,8,10-11H,2-5,7H2,1H3,(H2,15,18)(H2,16,17,19). The van der Waals surface area contributed by atoms with Crippen molar-refractivity contribution in [1.29, 1.82) is 0 Å². The molecule has 1 aromatic heterocycles. The van der Waals surface area contributed by atoms with Crippen molar-refractivity contribution in [3.63, 3.8) is 0 Å². The van der Waals surface area contributed by atoms with Crippen LogP contribution in [0.4, 0.5) is 14.6 Å². The first kappa shape index (κ1) is 15.6. The summed E-state index contributed by atoms with van der Waals surface area (Å²) in [5.41, 5.74) is 6.10. The number of amides is 3. The first-order chi connectivity index (χ1) is 10.0. The van der Waals surface area contributed by atoms with E-state index < -0.39 is 6.09 Å². The van der Waals surface area contributed by atoms with Crippen molar-refractivity contribution >= 4 is 28.5 Å². The van der Waals surface area contributed by atoms with Crippen LogP contribution in [0.15, 0.2) is 11.4 Å². The second kappa shape index (κ2) is 7.31. The topological polar surface area (TPSA) is 93.4 Å². The van der Waals surface area contributed by atoms with E-state index in [2.05, 4.69) is 10.6 Å². The summed E-state index contributed by atoms with van der Waals surface area (Å²) in [6.45, 7) is 2.37. The molecule has 2 rings (SSSR count). The maximum absolute atomic E-state index is 11.9. The number of nitrogens with one attached hydrogen (secondary N) is 2. The van der Waals surface area contributed by atoms with Gasteiger partial charge in [-0.3, -0.25) is 5.32 Å². The first-order valence-corrected chi connectivity index (χ1v) is 7.96. The van der Waals surface area contributed by atoms with E-state index in [0.717, 1.165) is 36.2 Å². The van der Waals surface area contributed by atoms with Gasteiger partial charge in [0, 0.05) is 6.04 Å². The van der Waals surface area contributed by atoms with Gasteiger partial charge in [-0.1, -0.05) is 0 Å². The molecule has 7 heteroatoms. The maximum Gasteiger partial charge on any atom is 0.404 e. The van der Waals surface area contributed by atoms with E-state index in [4.69, 9.17) is 10.5 Å². The fourth-order valence-corrected chi connectivity index (χ4v) is 3.29. The van der Waals surface area contributed by atoms with Gasteiger partial charge in [-0.15, -0.1) is 11.3 Å². The van der Waals surface area contributed by atoms with Crippen LogP contribution in [-0.4, -0.2) is 24.8 Å². The van der Waals surface area contributed by atoms with Crippen LogP contribution in [0.2, 0.25) is 0 Å². The molecule has 1 saturated carbocycles. The molecule has 6 nitrogen and oxygen atoms in total. The highest BCUT2D eigenvalue weighted by molar-refractivity contribution is 7.14. The fraction of sp³-hybridized carbons (Fsp3) is 0.571. The van der Waals surface area contributed by atoms with Crippen molar-refractivity contribution in [2.75, 3.05) is 11.9 Å². The van der Waals surface area contributed by atoms with E-state index >= 15 is 0 Å². The monoisotopic (exact) mass is 311 g/mol. The number of thiophene rings is 1. The lowest BCUT2D eigenvalue weighted by molar-refractivity contribution is 0.120. The Labute approximate surface area is 128 Å². The predicted molar refractivity (Wildman–Crippen MR) is 82.5 cm³/mol. The number of aryl methyl sites for hydroxylation is 1. The number of carbonyl (C=O) groups is 2. The van der Waals surface area contributed by atoms with Crippen molar-refractivity contribution in [2.45, 2.75) is 38.6 Å². The molecule has 4 N–H and O–H groups in total. The van der Waals surface area contributed by atoms with Crippen molar-refractivity contribution in [3.8, 4) is 0 Å². The van der Waals surface area contributed by atoms with Crippen molar-refractivity contribution in [1.82, 2.24) is 5.32 Å². The van der Waals surface area contributed by atoms with Gasteiger partial charge in [-0.25, -0.2) is 9.59 Å². The van der Waals surface area contributed by atoms with E-state index in [1.807, 2.05) is 18.4 Å². The average molecular weight is 311 g/mol. The number of nitrogens with two attached hydrogens (primary N) is 1. The van der Waals surface area contributed by atoms with Gasteiger partial charge < -0.3 is 15.8 Å². The van der Waals surface area contributed by atoms with Crippen molar-refractivity contribution in [3.05, 3.63) is 17.0 Å². The molecule has 0 saturated heterocycles. The molecule has 0 aliphatic heterocycles. The van der Waals surface area contributed by atoms with Gasteiger partial charge in [0.25, 0.3) is 0 Å². The molecule has 1 aliphatic carbocycles. The lowest BCUT2D eigenvalue weighted by atomic mass is 9.86. The molecule has 0 radical (unpaired) electrons. The zero-order valence-corrected chi connectivity index (χ0v) is 12.9. The molecular formula is C14H21N3O3S. The number of ether oxygens (including phenoxy) is 1. The molecule has 1 fully saturated rings. The van der Waals surface area contributed by atoms with E-state index in [9.17, 15) is 9.59 Å². The van der Waals surface area contributed by atoms with E-state index in [1.165, 1.54) is 11.3 Å². The Morgan fingerprint density at radius 1 is 1.38 bits per heavy atom. The summed E-state index contributed by atoms with van der Waals surface area (Å²) in [5, 5.41) is 8.68. The van der Waals surface area contributed by atoms with Crippen LogP contribution in [0.1, 0.15) is 31.2 Å². The third-order valence-electron chi connectivity index (χ3n) is 3.61. The molecule has 1 heterocycles. The summed E-state index contributed by atoms with van der Waals surface area (Å²) in [5.74, 6) is 0.346. The number of primary amides is 1. The average Bonchev–Trinajstić information content (AvgIpc) is 2.83. The van der Waals surface area contributed by atoms with Crippen LogP contribution in [0.3, 0.4) is 0 Å². The minimum absolute atomic E-state index is 0.159. The summed E-state index contributed by atoms with van der Waals surface area (Å²) in [4.78, 5) is 22.4. The number of hydrogen-bond donors (Lipinski definition) is 3. The second-order valence-electron chi connectivity index (χ2n) is 5.43. The highest BCUT2D eigenvalue weighted by Gasteiger charge is 2.23. The minimum Gasteiger partial charge on any atom is -0.449 e. The Balaban J connectivity index is 1.68. The van der Waals surface area contributed by atoms with Gasteiger partial charge >= 0.3 is 12.1 Å². The molecule has 0 aromatic carbocycles. The third-order valence-corrected chi connectivity index (χ3v) is 4.57. The number of anilines is 1. The highest BCUT2D eigenvalue weighted by Crippen LogP contribution is 2.25. The van der Waals surface area contributed by atoms with Crippen LogP contribution < -0.4 is 16.4 Å². The van der Waals surface area contributed by atoms with Gasteiger partial charge in [-0.05, 0) is 55.5 Å². The summed E-state index contributed by atoms with van der Waals surface area (Å²) >= 11 is 1.52. The predicted octanol–water partition coefficient (Wildman–Crippen LogP) is 2.83. The molecule has 0 bridgehead atoms. The first-order valence-electron chi connectivity index (χ1n) is 7.08. The zero-order valence-electron chi connectivity index (χ0n) is 12.1. The number of rotatable bonds is 4. The van der Waals surface area contributed by atoms with Gasteiger partial charge in [0.05, 0.1) is 11.6 Å². The maximum atomic E-state index is 11.9. The van der Waals surface area contributed by atoms with Gasteiger partial charge in [0.15, 0.2) is 0 Å². The molecule has 1 aromatic rings. The Morgan fingerprint density at radius 2 is 2.10 bits per heavy atom. The lowest BCUT2D eigenvalue weighted by Crippen LogP contribution is -2.40. The summed E-state index contributed by atoms with van der Waals surface area (Å²) in [6, 6.07) is 1.96. The van der Waals surface area contributed by atoms with Crippen LogP contribution in [-0.2, 0) is 4.74 Å². The normalized spacial score (nSPS) is 21.6. The molecule has 21 heavy (non-hydrogen) atoms. The van der Waals surface area contributed by atoms with Crippen LogP contribution >= 0.6 is 11.3 Å². The molecule has 116 valence electrons. The largest absolute Gasteiger partial charge is 0.449 e. The number of hydrogen-bond acceptors (Lipinski definition) is 4. The van der Waals surface area contributed by atoms with Crippen LogP contribution in [0.25, 0.3) is 0 Å². The SMILES string of the molecule is Cc1csc(NC(=O)NC2CCC(COC(N)=O)CC2)c1. The Hall–Kier alpha value is -1.76. The minimum atomic E-state index is -0.721. The Bertz CT molecular complexity index is 495. The van der Waals surface area contributed by atoms with E-state index in [0.29, 0.717) is 12.5 Å². The van der Waals surface area contributed by atoms with Gasteiger partial charge in [-0.2, -0.15) is 0 Å². The smallest absolute Gasteiger partial charge is 0.404 e. The van der Waals surface area contributed by atoms with Gasteiger partial charge in [0.1, 0.15) is 0 Å². The Kier molecular flexibility index (Phi) is 5.44. The molecule has 1 aliphatic rings. The summed E-state index contributed by atoms with van der Waals surface area (Å²) < 4.78 is 4.82. The molecular weight excluding hydrogens is 290 g/mol. The fourth-order valence-electron chi connectivity index (χ4n) is 2.50. The molecule has 3 amide bonds. The summed E-state index contributed by atoms with van der Waals surface area (Å²) in [6.07, 6.45) is 2.92. The quantitative estimate of drug-likeness (QED) is 0.798. The molecule has 0 atom stereocenters. The third kappa shape index (κ3) is 5.26.